The highest BCUT2D eigenvalue weighted by atomic mass is 79.9. The third-order valence-electron chi connectivity index (χ3n) is 3.83. The molecule has 0 radical (unpaired) electrons. The summed E-state index contributed by atoms with van der Waals surface area (Å²) in [5, 5.41) is 2.55. The number of carbonyl (C=O) groups is 2. The first kappa shape index (κ1) is 22.5. The average Bonchev–Trinajstić information content (AvgIpc) is 2.72. The molecule has 0 heterocycles. The van der Waals surface area contributed by atoms with E-state index >= 15 is 0 Å². The molecule has 1 amide bonds. The van der Waals surface area contributed by atoms with Crippen molar-refractivity contribution < 1.29 is 28.5 Å². The number of esters is 1. The maximum absolute atomic E-state index is 12.4. The molecule has 156 valence electrons. The topological polar surface area (TPSA) is 83.1 Å². The summed E-state index contributed by atoms with van der Waals surface area (Å²) >= 11 is 3.37. The molecule has 2 aromatic carbocycles. The SMILES string of the molecule is CCOc1ccc(C(=O)NCC(=O)OCc2cc(Br)ccc2OC)cc1OCC. The second kappa shape index (κ2) is 11.3. The summed E-state index contributed by atoms with van der Waals surface area (Å²) in [6.07, 6.45) is 0. The zero-order valence-corrected chi connectivity index (χ0v) is 18.2. The minimum absolute atomic E-state index is 0.0366. The fourth-order valence-corrected chi connectivity index (χ4v) is 2.92. The van der Waals surface area contributed by atoms with Crippen LogP contribution in [0.4, 0.5) is 0 Å². The Bertz CT molecular complexity index is 855. The lowest BCUT2D eigenvalue weighted by Crippen LogP contribution is -2.30. The van der Waals surface area contributed by atoms with Crippen LogP contribution in [-0.4, -0.2) is 38.7 Å². The highest BCUT2D eigenvalue weighted by Crippen LogP contribution is 2.28. The summed E-state index contributed by atoms with van der Waals surface area (Å²) in [6.45, 7) is 4.42. The van der Waals surface area contributed by atoms with Crippen molar-refractivity contribution in [2.75, 3.05) is 26.9 Å². The Labute approximate surface area is 178 Å². The summed E-state index contributed by atoms with van der Waals surface area (Å²) in [5.74, 6) is 0.685. The van der Waals surface area contributed by atoms with E-state index in [4.69, 9.17) is 18.9 Å². The van der Waals surface area contributed by atoms with Gasteiger partial charge in [0.15, 0.2) is 11.5 Å². The number of halogens is 1. The van der Waals surface area contributed by atoms with Crippen molar-refractivity contribution in [2.24, 2.45) is 0 Å². The van der Waals surface area contributed by atoms with Crippen LogP contribution in [0.2, 0.25) is 0 Å². The van der Waals surface area contributed by atoms with Crippen LogP contribution in [0, 0.1) is 0 Å². The fraction of sp³-hybridized carbons (Fsp3) is 0.333. The molecule has 0 saturated carbocycles. The Morgan fingerprint density at radius 3 is 2.34 bits per heavy atom. The fourth-order valence-electron chi connectivity index (χ4n) is 2.52. The Kier molecular flexibility index (Phi) is 8.79. The Morgan fingerprint density at radius 1 is 0.966 bits per heavy atom. The van der Waals surface area contributed by atoms with E-state index < -0.39 is 11.9 Å². The van der Waals surface area contributed by atoms with Gasteiger partial charge in [-0.2, -0.15) is 0 Å². The van der Waals surface area contributed by atoms with Gasteiger partial charge in [0.05, 0.1) is 20.3 Å². The van der Waals surface area contributed by atoms with Gasteiger partial charge in [-0.3, -0.25) is 9.59 Å². The zero-order chi connectivity index (χ0) is 21.2. The van der Waals surface area contributed by atoms with Crippen LogP contribution in [-0.2, 0) is 16.1 Å². The number of hydrogen-bond acceptors (Lipinski definition) is 6. The van der Waals surface area contributed by atoms with Gasteiger partial charge in [-0.05, 0) is 50.2 Å². The van der Waals surface area contributed by atoms with Gasteiger partial charge in [0.1, 0.15) is 18.9 Å². The maximum atomic E-state index is 12.4. The lowest BCUT2D eigenvalue weighted by atomic mass is 10.2. The van der Waals surface area contributed by atoms with Gasteiger partial charge in [-0.15, -0.1) is 0 Å². The number of methoxy groups -OCH3 is 1. The van der Waals surface area contributed by atoms with Crippen LogP contribution in [0.25, 0.3) is 0 Å². The third-order valence-corrected chi connectivity index (χ3v) is 4.32. The van der Waals surface area contributed by atoms with Gasteiger partial charge in [0.2, 0.25) is 0 Å². The van der Waals surface area contributed by atoms with E-state index in [9.17, 15) is 9.59 Å². The van der Waals surface area contributed by atoms with Crippen LogP contribution in [0.1, 0.15) is 29.8 Å². The van der Waals surface area contributed by atoms with E-state index in [1.807, 2.05) is 19.9 Å². The first-order valence-electron chi connectivity index (χ1n) is 9.14. The monoisotopic (exact) mass is 465 g/mol. The number of rotatable bonds is 10. The predicted molar refractivity (Wildman–Crippen MR) is 112 cm³/mol. The van der Waals surface area contributed by atoms with E-state index in [2.05, 4.69) is 21.2 Å². The summed E-state index contributed by atoms with van der Waals surface area (Å²) < 4.78 is 22.3. The molecule has 0 aliphatic carbocycles. The van der Waals surface area contributed by atoms with Crippen LogP contribution in [0.3, 0.4) is 0 Å². The van der Waals surface area contributed by atoms with Crippen LogP contribution in [0.15, 0.2) is 40.9 Å². The van der Waals surface area contributed by atoms with Crippen molar-refractivity contribution in [3.63, 3.8) is 0 Å². The standard InChI is InChI=1S/C21H24BrNO6/c1-4-27-18-8-6-14(11-19(18)28-5-2)21(25)23-12-20(24)29-13-15-10-16(22)7-9-17(15)26-3/h6-11H,4-5,12-13H2,1-3H3,(H,23,25). The Hall–Kier alpha value is -2.74. The molecular formula is C21H24BrNO6. The van der Waals surface area contributed by atoms with E-state index in [0.717, 1.165) is 10.0 Å². The van der Waals surface area contributed by atoms with E-state index in [-0.39, 0.29) is 13.2 Å². The normalized spacial score (nSPS) is 10.2. The first-order chi connectivity index (χ1) is 14.0. The van der Waals surface area contributed by atoms with Crippen molar-refractivity contribution >= 4 is 27.8 Å². The maximum Gasteiger partial charge on any atom is 0.325 e. The molecule has 8 heteroatoms. The van der Waals surface area contributed by atoms with Crippen molar-refractivity contribution in [2.45, 2.75) is 20.5 Å². The van der Waals surface area contributed by atoms with Crippen LogP contribution < -0.4 is 19.5 Å². The van der Waals surface area contributed by atoms with Crippen LogP contribution >= 0.6 is 15.9 Å². The highest BCUT2D eigenvalue weighted by molar-refractivity contribution is 9.10. The molecule has 0 bridgehead atoms. The second-order valence-corrected chi connectivity index (χ2v) is 6.74. The minimum Gasteiger partial charge on any atom is -0.496 e. The molecule has 7 nitrogen and oxygen atoms in total. The van der Waals surface area contributed by atoms with Gasteiger partial charge in [-0.1, -0.05) is 15.9 Å². The third kappa shape index (κ3) is 6.67. The van der Waals surface area contributed by atoms with Crippen LogP contribution in [0.5, 0.6) is 17.2 Å². The van der Waals surface area contributed by atoms with Gasteiger partial charge in [0, 0.05) is 15.6 Å². The van der Waals surface area contributed by atoms with Crippen molar-refractivity contribution in [1.82, 2.24) is 5.32 Å². The average molecular weight is 466 g/mol. The van der Waals surface area contributed by atoms with E-state index in [0.29, 0.717) is 36.0 Å². The number of amides is 1. The molecule has 0 spiro atoms. The molecule has 0 aliphatic heterocycles. The predicted octanol–water partition coefficient (Wildman–Crippen LogP) is 3.73. The van der Waals surface area contributed by atoms with Gasteiger partial charge in [-0.25, -0.2) is 0 Å². The highest BCUT2D eigenvalue weighted by Gasteiger charge is 2.14. The molecule has 0 fully saturated rings. The lowest BCUT2D eigenvalue weighted by Gasteiger charge is -2.13. The largest absolute Gasteiger partial charge is 0.496 e. The summed E-state index contributed by atoms with van der Waals surface area (Å²) in [6, 6.07) is 10.3. The van der Waals surface area contributed by atoms with Crippen molar-refractivity contribution in [1.29, 1.82) is 0 Å². The number of ether oxygens (including phenoxy) is 4. The Morgan fingerprint density at radius 2 is 1.66 bits per heavy atom. The molecule has 0 atom stereocenters. The summed E-state index contributed by atoms with van der Waals surface area (Å²) in [4.78, 5) is 24.4. The molecule has 2 aromatic rings. The molecule has 0 aliphatic rings. The van der Waals surface area contributed by atoms with Gasteiger partial charge in [0.25, 0.3) is 5.91 Å². The smallest absolute Gasteiger partial charge is 0.325 e. The van der Waals surface area contributed by atoms with E-state index in [1.165, 1.54) is 0 Å². The number of benzene rings is 2. The molecule has 29 heavy (non-hydrogen) atoms. The van der Waals surface area contributed by atoms with Gasteiger partial charge < -0.3 is 24.3 Å². The number of hydrogen-bond donors (Lipinski definition) is 1. The molecular weight excluding hydrogens is 442 g/mol. The Balaban J connectivity index is 1.92. The molecule has 0 unspecified atom stereocenters. The molecule has 2 rings (SSSR count). The zero-order valence-electron chi connectivity index (χ0n) is 16.6. The van der Waals surface area contributed by atoms with E-state index in [1.54, 1.807) is 37.4 Å². The first-order valence-corrected chi connectivity index (χ1v) is 9.93. The molecule has 0 saturated heterocycles. The minimum atomic E-state index is -0.559. The summed E-state index contributed by atoms with van der Waals surface area (Å²) in [7, 11) is 1.54. The molecule has 1 N–H and O–H groups in total. The number of carbonyl (C=O) groups excluding carboxylic acids is 2. The van der Waals surface area contributed by atoms with Gasteiger partial charge >= 0.3 is 5.97 Å². The van der Waals surface area contributed by atoms with Crippen molar-refractivity contribution in [3.8, 4) is 17.2 Å². The molecule has 0 aromatic heterocycles. The number of nitrogens with one attached hydrogen (secondary N) is 1. The second-order valence-electron chi connectivity index (χ2n) is 5.83. The van der Waals surface area contributed by atoms with Crippen molar-refractivity contribution in [3.05, 3.63) is 52.0 Å². The quantitative estimate of drug-likeness (QED) is 0.538. The lowest BCUT2D eigenvalue weighted by molar-refractivity contribution is -0.143. The summed E-state index contributed by atoms with van der Waals surface area (Å²) in [5.41, 5.74) is 1.08.